The predicted octanol–water partition coefficient (Wildman–Crippen LogP) is 6.89. The standard InChI is InChI=1S/C24H16BrCl2NO4/c1-13-22(24(30)31-2)23(29)20(28(13)16-6-4-15(25)5-7-16)12-17-8-10-21(32-17)14-3-9-18(26)19(27)11-14/h3-12H,1-2H3/b20-12+. The van der Waals surface area contributed by atoms with E-state index in [0.717, 1.165) is 15.7 Å². The molecule has 0 atom stereocenters. The highest BCUT2D eigenvalue weighted by molar-refractivity contribution is 9.10. The Hall–Kier alpha value is -2.80. The summed E-state index contributed by atoms with van der Waals surface area (Å²) < 4.78 is 11.7. The number of nitrogens with zero attached hydrogens (tertiary/aromatic N) is 1. The van der Waals surface area contributed by atoms with E-state index in [1.54, 1.807) is 48.2 Å². The van der Waals surface area contributed by atoms with Crippen molar-refractivity contribution < 1.29 is 18.7 Å². The molecule has 4 rings (SSSR count). The number of rotatable bonds is 4. The molecule has 1 aliphatic heterocycles. The summed E-state index contributed by atoms with van der Waals surface area (Å²) in [6, 6.07) is 16.1. The highest BCUT2D eigenvalue weighted by Crippen LogP contribution is 2.37. The molecule has 162 valence electrons. The van der Waals surface area contributed by atoms with E-state index in [1.807, 2.05) is 24.3 Å². The van der Waals surface area contributed by atoms with Crippen LogP contribution in [0, 0.1) is 0 Å². The number of esters is 1. The van der Waals surface area contributed by atoms with Crippen LogP contribution in [0.3, 0.4) is 0 Å². The van der Waals surface area contributed by atoms with Gasteiger partial charge in [-0.1, -0.05) is 39.1 Å². The highest BCUT2D eigenvalue weighted by atomic mass is 79.9. The third-order valence-electron chi connectivity index (χ3n) is 4.98. The van der Waals surface area contributed by atoms with Crippen molar-refractivity contribution in [2.24, 2.45) is 0 Å². The molecule has 0 N–H and O–H groups in total. The lowest BCUT2D eigenvalue weighted by molar-refractivity contribution is -0.137. The van der Waals surface area contributed by atoms with Crippen molar-refractivity contribution in [3.05, 3.63) is 91.8 Å². The van der Waals surface area contributed by atoms with Crippen molar-refractivity contribution in [2.75, 3.05) is 12.0 Å². The molecule has 0 bridgehead atoms. The molecule has 1 aliphatic rings. The van der Waals surface area contributed by atoms with E-state index in [0.29, 0.717) is 27.3 Å². The first-order chi connectivity index (χ1) is 15.3. The Labute approximate surface area is 203 Å². The molecule has 32 heavy (non-hydrogen) atoms. The van der Waals surface area contributed by atoms with Gasteiger partial charge in [-0.25, -0.2) is 4.79 Å². The Kier molecular flexibility index (Phi) is 6.29. The molecule has 8 heteroatoms. The maximum Gasteiger partial charge on any atom is 0.343 e. The summed E-state index contributed by atoms with van der Waals surface area (Å²) >= 11 is 15.5. The minimum Gasteiger partial charge on any atom is -0.465 e. The molecule has 2 aromatic carbocycles. The second-order valence-corrected chi connectivity index (χ2v) is 8.68. The molecular weight excluding hydrogens is 517 g/mol. The van der Waals surface area contributed by atoms with Gasteiger partial charge in [0.15, 0.2) is 0 Å². The number of ether oxygens (including phenoxy) is 1. The van der Waals surface area contributed by atoms with Gasteiger partial charge in [0, 0.05) is 27.5 Å². The van der Waals surface area contributed by atoms with Gasteiger partial charge in [-0.3, -0.25) is 4.79 Å². The van der Waals surface area contributed by atoms with Crippen LogP contribution >= 0.6 is 39.1 Å². The van der Waals surface area contributed by atoms with Crippen LogP contribution in [0.15, 0.2) is 80.5 Å². The average molecular weight is 533 g/mol. The molecule has 0 amide bonds. The smallest absolute Gasteiger partial charge is 0.343 e. The number of carbonyl (C=O) groups excluding carboxylic acids is 2. The molecular formula is C24H16BrCl2NO4. The Morgan fingerprint density at radius 2 is 1.78 bits per heavy atom. The number of hydrogen-bond acceptors (Lipinski definition) is 5. The van der Waals surface area contributed by atoms with Gasteiger partial charge in [-0.2, -0.15) is 0 Å². The van der Waals surface area contributed by atoms with Crippen LogP contribution in [0.2, 0.25) is 10.0 Å². The van der Waals surface area contributed by atoms with Crippen molar-refractivity contribution in [1.82, 2.24) is 0 Å². The number of methoxy groups -OCH3 is 1. The Morgan fingerprint density at radius 1 is 1.06 bits per heavy atom. The molecule has 5 nitrogen and oxygen atoms in total. The van der Waals surface area contributed by atoms with Crippen molar-refractivity contribution in [3.63, 3.8) is 0 Å². The van der Waals surface area contributed by atoms with Gasteiger partial charge in [0.2, 0.25) is 5.78 Å². The molecule has 3 aromatic rings. The molecule has 1 aromatic heterocycles. The second kappa shape index (κ2) is 8.98. The van der Waals surface area contributed by atoms with E-state index in [4.69, 9.17) is 32.4 Å². The first-order valence-electron chi connectivity index (χ1n) is 9.46. The van der Waals surface area contributed by atoms with Crippen molar-refractivity contribution in [2.45, 2.75) is 6.92 Å². The van der Waals surface area contributed by atoms with Crippen molar-refractivity contribution >= 4 is 62.6 Å². The normalized spacial score (nSPS) is 15.1. The van der Waals surface area contributed by atoms with Crippen molar-refractivity contribution in [1.29, 1.82) is 0 Å². The lowest BCUT2D eigenvalue weighted by Crippen LogP contribution is -2.18. The van der Waals surface area contributed by atoms with Gasteiger partial charge in [-0.15, -0.1) is 0 Å². The minimum absolute atomic E-state index is 0.0158. The number of allylic oxidation sites excluding steroid dienone is 2. The van der Waals surface area contributed by atoms with Crippen molar-refractivity contribution in [3.8, 4) is 11.3 Å². The summed E-state index contributed by atoms with van der Waals surface area (Å²) in [7, 11) is 1.25. The summed E-state index contributed by atoms with van der Waals surface area (Å²) in [6.45, 7) is 1.70. The van der Waals surface area contributed by atoms with Gasteiger partial charge >= 0.3 is 5.97 Å². The number of hydrogen-bond donors (Lipinski definition) is 0. The molecule has 0 saturated heterocycles. The fourth-order valence-corrected chi connectivity index (χ4v) is 4.01. The van der Waals surface area contributed by atoms with E-state index >= 15 is 0 Å². The quantitative estimate of drug-likeness (QED) is 0.208. The van der Waals surface area contributed by atoms with Crippen LogP contribution in [0.1, 0.15) is 12.7 Å². The third-order valence-corrected chi connectivity index (χ3v) is 6.25. The summed E-state index contributed by atoms with van der Waals surface area (Å²) in [5.74, 6) is -0.122. The predicted molar refractivity (Wildman–Crippen MR) is 128 cm³/mol. The number of ketones is 1. The Balaban J connectivity index is 1.77. The second-order valence-electron chi connectivity index (χ2n) is 6.95. The maximum atomic E-state index is 13.2. The molecule has 0 radical (unpaired) electrons. The van der Waals surface area contributed by atoms with Gasteiger partial charge < -0.3 is 14.1 Å². The zero-order chi connectivity index (χ0) is 23.0. The molecule has 0 aliphatic carbocycles. The maximum absolute atomic E-state index is 13.2. The monoisotopic (exact) mass is 531 g/mol. The SMILES string of the molecule is COC(=O)C1=C(C)N(c2ccc(Br)cc2)/C(=C/c2ccc(-c3ccc(Cl)c(Cl)c3)o2)C1=O. The van der Waals surface area contributed by atoms with Crippen LogP contribution in [-0.4, -0.2) is 18.9 Å². The molecule has 0 spiro atoms. The largest absolute Gasteiger partial charge is 0.465 e. The van der Waals surface area contributed by atoms with Gasteiger partial charge in [-0.05, 0) is 61.5 Å². The minimum atomic E-state index is -0.686. The zero-order valence-corrected chi connectivity index (χ0v) is 20.1. The van der Waals surface area contributed by atoms with Gasteiger partial charge in [0.1, 0.15) is 17.1 Å². The summed E-state index contributed by atoms with van der Waals surface area (Å²) in [5.41, 5.74) is 2.21. The van der Waals surface area contributed by atoms with Crippen LogP contribution in [0.5, 0.6) is 0 Å². The summed E-state index contributed by atoms with van der Waals surface area (Å²) in [4.78, 5) is 27.2. The lowest BCUT2D eigenvalue weighted by atomic mass is 10.1. The van der Waals surface area contributed by atoms with Crippen LogP contribution in [0.25, 0.3) is 17.4 Å². The fraction of sp³-hybridized carbons (Fsp3) is 0.0833. The van der Waals surface area contributed by atoms with E-state index in [9.17, 15) is 9.59 Å². The molecule has 0 unspecified atom stereocenters. The first kappa shape index (κ1) is 22.4. The number of halogens is 3. The van der Waals surface area contributed by atoms with Gasteiger partial charge in [0.05, 0.1) is 22.9 Å². The number of benzene rings is 2. The Morgan fingerprint density at radius 3 is 2.44 bits per heavy atom. The zero-order valence-electron chi connectivity index (χ0n) is 17.0. The van der Waals surface area contributed by atoms with E-state index in [-0.39, 0.29) is 11.3 Å². The summed E-state index contributed by atoms with van der Waals surface area (Å²) in [5, 5.41) is 0.860. The van der Waals surface area contributed by atoms with Crippen LogP contribution < -0.4 is 4.90 Å². The van der Waals surface area contributed by atoms with Crippen LogP contribution in [-0.2, 0) is 14.3 Å². The van der Waals surface area contributed by atoms with Gasteiger partial charge in [0.25, 0.3) is 0 Å². The molecule has 0 saturated carbocycles. The average Bonchev–Trinajstić information content (AvgIpc) is 3.33. The summed E-state index contributed by atoms with van der Waals surface area (Å²) in [6.07, 6.45) is 1.60. The highest BCUT2D eigenvalue weighted by Gasteiger charge is 2.38. The van der Waals surface area contributed by atoms with E-state index in [2.05, 4.69) is 15.9 Å². The number of Topliss-reactive ketones (excluding diaryl/α,β-unsaturated/α-hetero) is 1. The molecule has 0 fully saturated rings. The van der Waals surface area contributed by atoms with Crippen LogP contribution in [0.4, 0.5) is 5.69 Å². The van der Waals surface area contributed by atoms with E-state index in [1.165, 1.54) is 7.11 Å². The molecule has 2 heterocycles. The Bertz CT molecular complexity index is 1290. The fourth-order valence-electron chi connectivity index (χ4n) is 3.45. The first-order valence-corrected chi connectivity index (χ1v) is 11.0. The number of furan rings is 1. The lowest BCUT2D eigenvalue weighted by Gasteiger charge is -2.21. The number of carbonyl (C=O) groups is 2. The van der Waals surface area contributed by atoms with E-state index < -0.39 is 11.8 Å². The third kappa shape index (κ3) is 4.13. The topological polar surface area (TPSA) is 59.8 Å². The number of anilines is 1.